The number of hydrogen-bond acceptors (Lipinski definition) is 7. The molecule has 0 aliphatic carbocycles. The third-order valence-electron chi connectivity index (χ3n) is 4.08. The molecule has 0 bridgehead atoms. The minimum Gasteiger partial charge on any atom is -0.497 e. The summed E-state index contributed by atoms with van der Waals surface area (Å²) in [4.78, 5) is 13.1. The molecule has 1 heterocycles. The van der Waals surface area contributed by atoms with Crippen molar-refractivity contribution in [3.8, 4) is 23.0 Å². The predicted molar refractivity (Wildman–Crippen MR) is 96.7 cm³/mol. The number of rotatable bonds is 6. The van der Waals surface area contributed by atoms with Gasteiger partial charge in [-0.05, 0) is 24.3 Å². The van der Waals surface area contributed by atoms with E-state index in [1.54, 1.807) is 37.4 Å². The first-order chi connectivity index (χ1) is 12.5. The Morgan fingerprint density at radius 2 is 1.58 bits per heavy atom. The summed E-state index contributed by atoms with van der Waals surface area (Å²) < 4.78 is 26.6. The van der Waals surface area contributed by atoms with Crippen molar-refractivity contribution in [1.82, 2.24) is 0 Å². The molecule has 7 heteroatoms. The molecule has 0 amide bonds. The number of nitrogens with two attached hydrogens (primary N) is 1. The fraction of sp³-hybridized carbons (Fsp3) is 0.211. The zero-order valence-electron chi connectivity index (χ0n) is 14.9. The fourth-order valence-electron chi connectivity index (χ4n) is 2.81. The topological polar surface area (TPSA) is 93.2 Å². The summed E-state index contributed by atoms with van der Waals surface area (Å²) in [7, 11) is 6.02. The quantitative estimate of drug-likeness (QED) is 0.677. The largest absolute Gasteiger partial charge is 0.497 e. The molecule has 0 atom stereocenters. The Morgan fingerprint density at radius 3 is 2.12 bits per heavy atom. The molecule has 0 saturated carbocycles. The van der Waals surface area contributed by atoms with E-state index >= 15 is 0 Å². The Labute approximate surface area is 150 Å². The number of ketones is 1. The molecule has 0 unspecified atom stereocenters. The van der Waals surface area contributed by atoms with Gasteiger partial charge < -0.3 is 29.1 Å². The van der Waals surface area contributed by atoms with Gasteiger partial charge in [0.25, 0.3) is 0 Å². The van der Waals surface area contributed by atoms with Gasteiger partial charge in [0.05, 0.1) is 34.0 Å². The number of carbonyl (C=O) groups excluding carboxylic acids is 1. The highest BCUT2D eigenvalue weighted by atomic mass is 16.5. The first-order valence-electron chi connectivity index (χ1n) is 7.74. The highest BCUT2D eigenvalue weighted by Crippen LogP contribution is 2.40. The van der Waals surface area contributed by atoms with E-state index in [-0.39, 0.29) is 17.2 Å². The van der Waals surface area contributed by atoms with Crippen LogP contribution in [0.4, 0.5) is 5.88 Å². The maximum atomic E-state index is 13.1. The van der Waals surface area contributed by atoms with Gasteiger partial charge in [-0.25, -0.2) is 0 Å². The lowest BCUT2D eigenvalue weighted by molar-refractivity contribution is 0.103. The van der Waals surface area contributed by atoms with Crippen LogP contribution in [0.3, 0.4) is 0 Å². The maximum Gasteiger partial charge on any atom is 0.203 e. The van der Waals surface area contributed by atoms with E-state index in [9.17, 15) is 4.79 Å². The molecule has 0 fully saturated rings. The Hall–Kier alpha value is -3.35. The van der Waals surface area contributed by atoms with E-state index in [1.165, 1.54) is 21.3 Å². The van der Waals surface area contributed by atoms with E-state index in [0.717, 1.165) is 0 Å². The minimum atomic E-state index is -0.314. The van der Waals surface area contributed by atoms with Gasteiger partial charge >= 0.3 is 0 Å². The molecule has 0 aliphatic rings. The van der Waals surface area contributed by atoms with Crippen molar-refractivity contribution in [3.05, 3.63) is 41.5 Å². The van der Waals surface area contributed by atoms with Crippen molar-refractivity contribution in [2.45, 2.75) is 0 Å². The molecular formula is C19H19NO6. The lowest BCUT2D eigenvalue weighted by Gasteiger charge is -2.13. The molecule has 1 aromatic heterocycles. The first kappa shape index (κ1) is 17.5. The SMILES string of the molecule is COc1ccc2c(C(=O)c3cc(OC)c(OC)c(OC)c3)c(N)oc2c1. The number of furan rings is 1. The summed E-state index contributed by atoms with van der Waals surface area (Å²) in [5.74, 6) is 1.49. The lowest BCUT2D eigenvalue weighted by atomic mass is 10.0. The van der Waals surface area contributed by atoms with Crippen LogP contribution in [-0.4, -0.2) is 34.2 Å². The summed E-state index contributed by atoms with van der Waals surface area (Å²) in [6.07, 6.45) is 0. The second-order valence-corrected chi connectivity index (χ2v) is 5.45. The molecule has 7 nitrogen and oxygen atoms in total. The Balaban J connectivity index is 2.15. The van der Waals surface area contributed by atoms with Crippen molar-refractivity contribution in [2.75, 3.05) is 34.2 Å². The van der Waals surface area contributed by atoms with Crippen LogP contribution in [0, 0.1) is 0 Å². The van der Waals surface area contributed by atoms with Gasteiger partial charge in [-0.2, -0.15) is 0 Å². The van der Waals surface area contributed by atoms with Crippen LogP contribution in [0.15, 0.2) is 34.7 Å². The average Bonchev–Trinajstić information content (AvgIpc) is 3.00. The number of carbonyl (C=O) groups is 1. The summed E-state index contributed by atoms with van der Waals surface area (Å²) in [5, 5.41) is 0.599. The van der Waals surface area contributed by atoms with Gasteiger partial charge in [0, 0.05) is 17.0 Å². The summed E-state index contributed by atoms with van der Waals surface area (Å²) in [6, 6.07) is 8.30. The maximum absolute atomic E-state index is 13.1. The molecule has 2 aromatic carbocycles. The smallest absolute Gasteiger partial charge is 0.203 e. The molecule has 3 aromatic rings. The third-order valence-corrected chi connectivity index (χ3v) is 4.08. The summed E-state index contributed by atoms with van der Waals surface area (Å²) >= 11 is 0. The fourth-order valence-corrected chi connectivity index (χ4v) is 2.81. The van der Waals surface area contributed by atoms with Crippen molar-refractivity contribution in [1.29, 1.82) is 0 Å². The van der Waals surface area contributed by atoms with E-state index in [4.69, 9.17) is 29.1 Å². The van der Waals surface area contributed by atoms with Gasteiger partial charge in [0.1, 0.15) is 11.3 Å². The van der Waals surface area contributed by atoms with Crippen molar-refractivity contribution in [3.63, 3.8) is 0 Å². The molecule has 3 rings (SSSR count). The standard InChI is InChI=1S/C19H19NO6/c1-22-11-5-6-12-13(9-11)26-19(20)16(12)17(21)10-7-14(23-2)18(25-4)15(8-10)24-3/h5-9H,20H2,1-4H3. The number of ether oxygens (including phenoxy) is 4. The number of fused-ring (bicyclic) bond motifs is 1. The molecule has 0 saturated heterocycles. The third kappa shape index (κ3) is 2.77. The number of hydrogen-bond donors (Lipinski definition) is 1. The average molecular weight is 357 g/mol. The van der Waals surface area contributed by atoms with Gasteiger partial charge in [-0.15, -0.1) is 0 Å². The molecular weight excluding hydrogens is 338 g/mol. The predicted octanol–water partition coefficient (Wildman–Crippen LogP) is 3.28. The monoisotopic (exact) mass is 357 g/mol. The number of nitrogen functional groups attached to an aromatic ring is 1. The minimum absolute atomic E-state index is 0.0343. The van der Waals surface area contributed by atoms with Crippen LogP contribution in [0.25, 0.3) is 11.0 Å². The second-order valence-electron chi connectivity index (χ2n) is 5.45. The normalized spacial score (nSPS) is 10.6. The van der Waals surface area contributed by atoms with Crippen molar-refractivity contribution >= 4 is 22.6 Å². The van der Waals surface area contributed by atoms with Crippen LogP contribution in [0.1, 0.15) is 15.9 Å². The Morgan fingerprint density at radius 1 is 0.923 bits per heavy atom. The zero-order chi connectivity index (χ0) is 18.8. The van der Waals surface area contributed by atoms with Crippen LogP contribution in [0.2, 0.25) is 0 Å². The van der Waals surface area contributed by atoms with E-state index < -0.39 is 0 Å². The van der Waals surface area contributed by atoms with Gasteiger partial charge in [-0.1, -0.05) is 0 Å². The molecule has 26 heavy (non-hydrogen) atoms. The van der Waals surface area contributed by atoms with Crippen LogP contribution in [-0.2, 0) is 0 Å². The van der Waals surface area contributed by atoms with Crippen LogP contribution >= 0.6 is 0 Å². The summed E-state index contributed by atoms with van der Waals surface area (Å²) in [6.45, 7) is 0. The molecule has 136 valence electrons. The Bertz CT molecular complexity index is 951. The summed E-state index contributed by atoms with van der Waals surface area (Å²) in [5.41, 5.74) is 7.05. The Kier molecular flexibility index (Phi) is 4.62. The van der Waals surface area contributed by atoms with Gasteiger partial charge in [0.2, 0.25) is 11.6 Å². The van der Waals surface area contributed by atoms with Crippen LogP contribution in [0.5, 0.6) is 23.0 Å². The van der Waals surface area contributed by atoms with Crippen molar-refractivity contribution in [2.24, 2.45) is 0 Å². The van der Waals surface area contributed by atoms with Crippen LogP contribution < -0.4 is 24.7 Å². The molecule has 0 aliphatic heterocycles. The molecule has 0 radical (unpaired) electrons. The van der Waals surface area contributed by atoms with Crippen molar-refractivity contribution < 1.29 is 28.2 Å². The van der Waals surface area contributed by atoms with Gasteiger partial charge in [0.15, 0.2) is 17.3 Å². The first-order valence-corrected chi connectivity index (χ1v) is 7.74. The van der Waals surface area contributed by atoms with E-state index in [0.29, 0.717) is 39.5 Å². The zero-order valence-corrected chi connectivity index (χ0v) is 14.9. The molecule has 0 spiro atoms. The number of methoxy groups -OCH3 is 4. The molecule has 2 N–H and O–H groups in total. The van der Waals surface area contributed by atoms with Gasteiger partial charge in [-0.3, -0.25) is 4.79 Å². The number of anilines is 1. The highest BCUT2D eigenvalue weighted by Gasteiger charge is 2.24. The van der Waals surface area contributed by atoms with E-state index in [2.05, 4.69) is 0 Å². The lowest BCUT2D eigenvalue weighted by Crippen LogP contribution is -2.05. The van der Waals surface area contributed by atoms with E-state index in [1.807, 2.05) is 0 Å². The highest BCUT2D eigenvalue weighted by molar-refractivity contribution is 6.19. The number of benzene rings is 2. The second kappa shape index (κ2) is 6.87.